The molecule has 0 aromatic heterocycles. The van der Waals surface area contributed by atoms with E-state index in [9.17, 15) is 4.39 Å². The van der Waals surface area contributed by atoms with Crippen LogP contribution in [0.4, 0.5) is 4.39 Å². The second-order valence-electron chi connectivity index (χ2n) is 7.86. The summed E-state index contributed by atoms with van der Waals surface area (Å²) in [6.45, 7) is 1.04. The number of benzene rings is 1. The van der Waals surface area contributed by atoms with E-state index in [-0.39, 0.29) is 11.2 Å². The zero-order valence-corrected chi connectivity index (χ0v) is 12.8. The van der Waals surface area contributed by atoms with Crippen LogP contribution in [0.25, 0.3) is 0 Å². The molecule has 3 aliphatic carbocycles. The lowest BCUT2D eigenvalue weighted by atomic mass is 9.46. The monoisotopic (exact) mass is 287 g/mol. The maximum absolute atomic E-state index is 13.7. The van der Waals surface area contributed by atoms with Gasteiger partial charge in [-0.25, -0.2) is 4.39 Å². The fourth-order valence-electron chi connectivity index (χ4n) is 4.92. The summed E-state index contributed by atoms with van der Waals surface area (Å²) in [6, 6.07) is 8.12. The number of hydrogen-bond acceptors (Lipinski definition) is 1. The first-order chi connectivity index (χ1) is 10.2. The topological polar surface area (TPSA) is 12.0 Å². The molecule has 0 bridgehead atoms. The van der Waals surface area contributed by atoms with Gasteiger partial charge in [-0.05, 0) is 61.6 Å². The summed E-state index contributed by atoms with van der Waals surface area (Å²) in [7, 11) is 0. The molecule has 0 aliphatic heterocycles. The standard InChI is InChI=1S/C19H26FN/c20-16-6-4-5-15(11-16)19(14-21-17-7-8-17)12-18(13-19)9-2-1-3-10-18/h4-6,11,17,21H,1-3,7-10,12-14H2. The SMILES string of the molecule is Fc1cccc(C2(CNC3CC3)CC3(CCCCC3)C2)c1. The van der Waals surface area contributed by atoms with Crippen LogP contribution in [-0.2, 0) is 5.41 Å². The van der Waals surface area contributed by atoms with E-state index in [0.717, 1.165) is 12.6 Å². The molecule has 0 atom stereocenters. The van der Waals surface area contributed by atoms with E-state index < -0.39 is 0 Å². The second-order valence-corrected chi connectivity index (χ2v) is 7.86. The van der Waals surface area contributed by atoms with E-state index in [1.165, 1.54) is 63.4 Å². The van der Waals surface area contributed by atoms with Gasteiger partial charge in [0.05, 0.1) is 0 Å². The Labute approximate surface area is 127 Å². The molecule has 1 aromatic carbocycles. The second kappa shape index (κ2) is 5.08. The van der Waals surface area contributed by atoms with Crippen LogP contribution in [0.5, 0.6) is 0 Å². The van der Waals surface area contributed by atoms with Gasteiger partial charge in [0.25, 0.3) is 0 Å². The molecule has 0 unspecified atom stereocenters. The predicted molar refractivity (Wildman–Crippen MR) is 83.9 cm³/mol. The molecule has 0 radical (unpaired) electrons. The van der Waals surface area contributed by atoms with Gasteiger partial charge in [-0.2, -0.15) is 0 Å². The van der Waals surface area contributed by atoms with Crippen LogP contribution < -0.4 is 5.32 Å². The molecule has 3 fully saturated rings. The minimum absolute atomic E-state index is 0.0807. The summed E-state index contributed by atoms with van der Waals surface area (Å²) in [5.74, 6) is -0.0807. The van der Waals surface area contributed by atoms with Crippen molar-refractivity contribution < 1.29 is 4.39 Å². The number of hydrogen-bond donors (Lipinski definition) is 1. The van der Waals surface area contributed by atoms with Gasteiger partial charge in [-0.15, -0.1) is 0 Å². The van der Waals surface area contributed by atoms with Crippen LogP contribution in [0, 0.1) is 11.2 Å². The third-order valence-electron chi connectivity index (χ3n) is 6.08. The fourth-order valence-corrected chi connectivity index (χ4v) is 4.92. The van der Waals surface area contributed by atoms with Crippen molar-refractivity contribution in [1.29, 1.82) is 0 Å². The minimum Gasteiger partial charge on any atom is -0.313 e. The van der Waals surface area contributed by atoms with Gasteiger partial charge >= 0.3 is 0 Å². The average molecular weight is 287 g/mol. The lowest BCUT2D eigenvalue weighted by Crippen LogP contribution is -2.55. The molecule has 21 heavy (non-hydrogen) atoms. The van der Waals surface area contributed by atoms with E-state index in [1.54, 1.807) is 12.1 Å². The number of halogens is 1. The van der Waals surface area contributed by atoms with Gasteiger partial charge in [0.1, 0.15) is 5.82 Å². The first-order valence-electron chi connectivity index (χ1n) is 8.69. The lowest BCUT2D eigenvalue weighted by molar-refractivity contribution is -0.0131. The largest absolute Gasteiger partial charge is 0.313 e. The van der Waals surface area contributed by atoms with E-state index in [0.29, 0.717) is 5.41 Å². The smallest absolute Gasteiger partial charge is 0.123 e. The van der Waals surface area contributed by atoms with Crippen molar-refractivity contribution >= 4 is 0 Å². The lowest BCUT2D eigenvalue weighted by Gasteiger charge is -2.59. The first kappa shape index (κ1) is 13.8. The molecular formula is C19H26FN. The van der Waals surface area contributed by atoms with Crippen LogP contribution in [0.1, 0.15) is 63.4 Å². The van der Waals surface area contributed by atoms with Crippen molar-refractivity contribution in [2.75, 3.05) is 6.54 Å². The number of rotatable bonds is 4. The summed E-state index contributed by atoms with van der Waals surface area (Å²) in [6.07, 6.45) is 12.2. The van der Waals surface area contributed by atoms with Crippen molar-refractivity contribution in [2.24, 2.45) is 5.41 Å². The summed E-state index contributed by atoms with van der Waals surface area (Å²) >= 11 is 0. The molecule has 3 saturated carbocycles. The summed E-state index contributed by atoms with van der Waals surface area (Å²) in [5, 5.41) is 3.72. The van der Waals surface area contributed by atoms with Crippen molar-refractivity contribution in [3.63, 3.8) is 0 Å². The molecule has 1 aromatic rings. The molecule has 0 saturated heterocycles. The van der Waals surface area contributed by atoms with Crippen LogP contribution in [0.3, 0.4) is 0 Å². The highest BCUT2D eigenvalue weighted by Gasteiger charge is 2.55. The Hall–Kier alpha value is -0.890. The van der Waals surface area contributed by atoms with Crippen LogP contribution in [-0.4, -0.2) is 12.6 Å². The fraction of sp³-hybridized carbons (Fsp3) is 0.684. The van der Waals surface area contributed by atoms with Crippen molar-refractivity contribution in [3.05, 3.63) is 35.6 Å². The molecule has 2 heteroatoms. The summed E-state index contributed by atoms with van der Waals surface area (Å²) in [5.41, 5.74) is 2.00. The van der Waals surface area contributed by atoms with E-state index in [1.807, 2.05) is 6.07 Å². The van der Waals surface area contributed by atoms with Crippen molar-refractivity contribution in [3.8, 4) is 0 Å². The van der Waals surface area contributed by atoms with Gasteiger partial charge in [-0.1, -0.05) is 31.4 Å². The van der Waals surface area contributed by atoms with Gasteiger partial charge in [0, 0.05) is 18.0 Å². The molecule has 1 nitrogen and oxygen atoms in total. The minimum atomic E-state index is -0.0807. The third-order valence-corrected chi connectivity index (χ3v) is 6.08. The molecule has 0 amide bonds. The summed E-state index contributed by atoms with van der Waals surface area (Å²) in [4.78, 5) is 0. The van der Waals surface area contributed by atoms with E-state index in [2.05, 4.69) is 11.4 Å². The zero-order valence-electron chi connectivity index (χ0n) is 12.8. The Balaban J connectivity index is 1.55. The molecule has 114 valence electrons. The van der Waals surface area contributed by atoms with Crippen molar-refractivity contribution in [2.45, 2.75) is 69.2 Å². The zero-order chi connectivity index (χ0) is 14.3. The molecule has 3 aliphatic rings. The van der Waals surface area contributed by atoms with Crippen LogP contribution in [0.15, 0.2) is 24.3 Å². The molecule has 4 rings (SSSR count). The molecule has 0 heterocycles. The predicted octanol–water partition coefficient (Wildman–Crippen LogP) is 4.56. The first-order valence-corrected chi connectivity index (χ1v) is 8.69. The average Bonchev–Trinajstić information content (AvgIpc) is 3.28. The van der Waals surface area contributed by atoms with Gasteiger partial charge < -0.3 is 5.32 Å². The Morgan fingerprint density at radius 3 is 2.52 bits per heavy atom. The Morgan fingerprint density at radius 1 is 1.10 bits per heavy atom. The van der Waals surface area contributed by atoms with Gasteiger partial charge in [0.2, 0.25) is 0 Å². The molecule has 1 N–H and O–H groups in total. The Bertz CT molecular complexity index is 506. The van der Waals surface area contributed by atoms with Crippen molar-refractivity contribution in [1.82, 2.24) is 5.32 Å². The van der Waals surface area contributed by atoms with Gasteiger partial charge in [0.15, 0.2) is 0 Å². The highest BCUT2D eigenvalue weighted by atomic mass is 19.1. The summed E-state index contributed by atoms with van der Waals surface area (Å²) < 4.78 is 13.7. The van der Waals surface area contributed by atoms with E-state index >= 15 is 0 Å². The highest BCUT2D eigenvalue weighted by Crippen LogP contribution is 2.61. The maximum atomic E-state index is 13.7. The molecular weight excluding hydrogens is 261 g/mol. The highest BCUT2D eigenvalue weighted by molar-refractivity contribution is 5.32. The Kier molecular flexibility index (Phi) is 3.33. The van der Waals surface area contributed by atoms with Crippen LogP contribution in [0.2, 0.25) is 0 Å². The third kappa shape index (κ3) is 2.63. The molecule has 1 spiro atoms. The number of nitrogens with one attached hydrogen (secondary N) is 1. The quantitative estimate of drug-likeness (QED) is 0.856. The Morgan fingerprint density at radius 2 is 1.86 bits per heavy atom. The normalized spacial score (nSPS) is 26.5. The van der Waals surface area contributed by atoms with Crippen LogP contribution >= 0.6 is 0 Å². The van der Waals surface area contributed by atoms with Gasteiger partial charge in [-0.3, -0.25) is 0 Å². The van der Waals surface area contributed by atoms with E-state index in [4.69, 9.17) is 0 Å². The maximum Gasteiger partial charge on any atom is 0.123 e.